The van der Waals surface area contributed by atoms with E-state index in [2.05, 4.69) is 27.1 Å². The van der Waals surface area contributed by atoms with E-state index in [1.165, 1.54) is 0 Å². The number of rotatable bonds is 1. The van der Waals surface area contributed by atoms with Gasteiger partial charge in [-0.2, -0.15) is 0 Å². The van der Waals surface area contributed by atoms with Gasteiger partial charge in [0.15, 0.2) is 0 Å². The topological polar surface area (TPSA) is 41.0 Å². The van der Waals surface area contributed by atoms with E-state index < -0.39 is 0 Å². The third-order valence-corrected chi connectivity index (χ3v) is 3.23. The molecular formula is C13H17ClN4. The first-order valence-corrected chi connectivity index (χ1v) is 6.04. The number of fused-ring (bicyclic) bond motifs is 1. The van der Waals surface area contributed by atoms with Crippen LogP contribution < -0.4 is 10.2 Å². The maximum atomic E-state index is 4.68. The second kappa shape index (κ2) is 5.50. The summed E-state index contributed by atoms with van der Waals surface area (Å²) in [4.78, 5) is 11.5. The monoisotopic (exact) mass is 264 g/mol. The van der Waals surface area contributed by atoms with Crippen molar-refractivity contribution in [3.63, 3.8) is 0 Å². The summed E-state index contributed by atoms with van der Waals surface area (Å²) in [5.74, 6) is 0.984. The highest BCUT2D eigenvalue weighted by Crippen LogP contribution is 2.17. The van der Waals surface area contributed by atoms with E-state index in [9.17, 15) is 0 Å². The van der Waals surface area contributed by atoms with Gasteiger partial charge in [-0.3, -0.25) is 4.98 Å². The third kappa shape index (κ3) is 2.40. The maximum absolute atomic E-state index is 4.68. The zero-order valence-corrected chi connectivity index (χ0v) is 11.2. The van der Waals surface area contributed by atoms with Crippen LogP contribution in [0.1, 0.15) is 6.92 Å². The Morgan fingerprint density at radius 2 is 2.06 bits per heavy atom. The molecule has 1 aromatic carbocycles. The van der Waals surface area contributed by atoms with Crippen molar-refractivity contribution in [2.45, 2.75) is 13.0 Å². The number of para-hydroxylation sites is 2. The summed E-state index contributed by atoms with van der Waals surface area (Å²) >= 11 is 0. The number of halogens is 1. The molecule has 1 fully saturated rings. The maximum Gasteiger partial charge on any atom is 0.148 e. The fourth-order valence-electron chi connectivity index (χ4n) is 2.27. The Labute approximate surface area is 113 Å². The molecule has 1 aliphatic heterocycles. The lowest BCUT2D eigenvalue weighted by molar-refractivity contribution is 0.497. The lowest BCUT2D eigenvalue weighted by Gasteiger charge is -2.34. The van der Waals surface area contributed by atoms with Crippen molar-refractivity contribution in [1.29, 1.82) is 0 Å². The Kier molecular flexibility index (Phi) is 3.99. The van der Waals surface area contributed by atoms with Gasteiger partial charge in [0.25, 0.3) is 0 Å². The molecule has 3 rings (SSSR count). The molecule has 4 nitrogen and oxygen atoms in total. The van der Waals surface area contributed by atoms with Crippen LogP contribution in [0, 0.1) is 0 Å². The molecule has 0 radical (unpaired) electrons. The van der Waals surface area contributed by atoms with Crippen molar-refractivity contribution in [1.82, 2.24) is 15.3 Å². The minimum atomic E-state index is 0. The summed E-state index contributed by atoms with van der Waals surface area (Å²) in [5.41, 5.74) is 1.93. The zero-order valence-electron chi connectivity index (χ0n) is 10.3. The molecule has 1 unspecified atom stereocenters. The van der Waals surface area contributed by atoms with Crippen LogP contribution in [-0.4, -0.2) is 35.6 Å². The van der Waals surface area contributed by atoms with Crippen LogP contribution in [-0.2, 0) is 0 Å². The highest BCUT2D eigenvalue weighted by atomic mass is 35.5. The predicted octanol–water partition coefficient (Wildman–Crippen LogP) is 1.85. The van der Waals surface area contributed by atoms with Crippen LogP contribution in [0.25, 0.3) is 11.0 Å². The number of hydrogen-bond donors (Lipinski definition) is 1. The van der Waals surface area contributed by atoms with E-state index >= 15 is 0 Å². The molecule has 18 heavy (non-hydrogen) atoms. The van der Waals surface area contributed by atoms with E-state index in [1.807, 2.05) is 30.5 Å². The Balaban J connectivity index is 0.00000120. The van der Waals surface area contributed by atoms with Gasteiger partial charge in [-0.15, -0.1) is 12.4 Å². The largest absolute Gasteiger partial charge is 0.350 e. The number of anilines is 1. The van der Waals surface area contributed by atoms with Crippen molar-refractivity contribution in [3.8, 4) is 0 Å². The van der Waals surface area contributed by atoms with Crippen LogP contribution in [0.3, 0.4) is 0 Å². The summed E-state index contributed by atoms with van der Waals surface area (Å²) in [7, 11) is 0. The van der Waals surface area contributed by atoms with Crippen LogP contribution in [0.15, 0.2) is 30.5 Å². The Morgan fingerprint density at radius 1 is 1.28 bits per heavy atom. The van der Waals surface area contributed by atoms with E-state index in [4.69, 9.17) is 0 Å². The first kappa shape index (κ1) is 13.1. The Morgan fingerprint density at radius 3 is 2.83 bits per heavy atom. The fourth-order valence-corrected chi connectivity index (χ4v) is 2.27. The SMILES string of the molecule is CC1CNCCN1c1cnc2ccccc2n1.Cl. The summed E-state index contributed by atoms with van der Waals surface area (Å²) in [6.07, 6.45) is 1.88. The minimum Gasteiger partial charge on any atom is -0.350 e. The van der Waals surface area contributed by atoms with Crippen molar-refractivity contribution in [2.24, 2.45) is 0 Å². The number of piperazine rings is 1. The molecule has 5 heteroatoms. The molecule has 1 aromatic heterocycles. The van der Waals surface area contributed by atoms with Crippen LogP contribution in [0.4, 0.5) is 5.82 Å². The molecule has 0 spiro atoms. The molecule has 2 aromatic rings. The number of hydrogen-bond acceptors (Lipinski definition) is 4. The fraction of sp³-hybridized carbons (Fsp3) is 0.385. The summed E-state index contributed by atoms with van der Waals surface area (Å²) in [5, 5.41) is 3.38. The summed E-state index contributed by atoms with van der Waals surface area (Å²) < 4.78 is 0. The lowest BCUT2D eigenvalue weighted by Crippen LogP contribution is -2.50. The summed E-state index contributed by atoms with van der Waals surface area (Å²) in [6.45, 7) is 5.23. The number of nitrogens with one attached hydrogen (secondary N) is 1. The van der Waals surface area contributed by atoms with E-state index in [0.717, 1.165) is 36.5 Å². The average Bonchev–Trinajstić information content (AvgIpc) is 2.39. The number of benzene rings is 1. The van der Waals surface area contributed by atoms with Crippen molar-refractivity contribution >= 4 is 29.3 Å². The molecule has 0 bridgehead atoms. The number of nitrogens with zero attached hydrogens (tertiary/aromatic N) is 3. The van der Waals surface area contributed by atoms with E-state index in [-0.39, 0.29) is 12.4 Å². The van der Waals surface area contributed by atoms with Gasteiger partial charge in [-0.1, -0.05) is 12.1 Å². The van der Waals surface area contributed by atoms with Gasteiger partial charge in [0.2, 0.25) is 0 Å². The highest BCUT2D eigenvalue weighted by molar-refractivity contribution is 5.85. The zero-order chi connectivity index (χ0) is 11.7. The van der Waals surface area contributed by atoms with Crippen LogP contribution in [0.5, 0.6) is 0 Å². The molecule has 0 aliphatic carbocycles. The van der Waals surface area contributed by atoms with Gasteiger partial charge in [0, 0.05) is 25.7 Å². The first-order valence-electron chi connectivity index (χ1n) is 6.04. The first-order chi connectivity index (χ1) is 8.34. The quantitative estimate of drug-likeness (QED) is 0.854. The average molecular weight is 265 g/mol. The molecule has 2 heterocycles. The van der Waals surface area contributed by atoms with Gasteiger partial charge in [-0.25, -0.2) is 4.98 Å². The normalized spacial score (nSPS) is 19.6. The van der Waals surface area contributed by atoms with Crippen molar-refractivity contribution < 1.29 is 0 Å². The minimum absolute atomic E-state index is 0. The van der Waals surface area contributed by atoms with Crippen LogP contribution >= 0.6 is 12.4 Å². The second-order valence-corrected chi connectivity index (χ2v) is 4.46. The molecule has 1 saturated heterocycles. The molecule has 1 aliphatic rings. The van der Waals surface area contributed by atoms with Crippen molar-refractivity contribution in [2.75, 3.05) is 24.5 Å². The molecule has 0 amide bonds. The molecule has 0 saturated carbocycles. The molecule has 96 valence electrons. The van der Waals surface area contributed by atoms with Crippen LogP contribution in [0.2, 0.25) is 0 Å². The second-order valence-electron chi connectivity index (χ2n) is 4.46. The number of aromatic nitrogens is 2. The Hall–Kier alpha value is -1.39. The Bertz CT molecular complexity index is 531. The van der Waals surface area contributed by atoms with Gasteiger partial charge in [0.1, 0.15) is 5.82 Å². The molecule has 1 N–H and O–H groups in total. The smallest absolute Gasteiger partial charge is 0.148 e. The van der Waals surface area contributed by atoms with Crippen molar-refractivity contribution in [3.05, 3.63) is 30.5 Å². The lowest BCUT2D eigenvalue weighted by atomic mass is 10.2. The molecular weight excluding hydrogens is 248 g/mol. The van der Waals surface area contributed by atoms with E-state index in [0.29, 0.717) is 6.04 Å². The highest BCUT2D eigenvalue weighted by Gasteiger charge is 2.19. The predicted molar refractivity (Wildman–Crippen MR) is 76.5 cm³/mol. The van der Waals surface area contributed by atoms with Gasteiger partial charge in [-0.05, 0) is 19.1 Å². The van der Waals surface area contributed by atoms with E-state index in [1.54, 1.807) is 0 Å². The van der Waals surface area contributed by atoms with Gasteiger partial charge in [0.05, 0.1) is 17.2 Å². The molecule has 1 atom stereocenters. The van der Waals surface area contributed by atoms with Gasteiger partial charge < -0.3 is 10.2 Å². The summed E-state index contributed by atoms with van der Waals surface area (Å²) in [6, 6.07) is 8.47. The third-order valence-electron chi connectivity index (χ3n) is 3.23. The van der Waals surface area contributed by atoms with Gasteiger partial charge >= 0.3 is 0 Å². The standard InChI is InChI=1S/C13H16N4.ClH/c1-10-8-14-6-7-17(10)13-9-15-11-4-2-3-5-12(11)16-13;/h2-5,9-10,14H,6-8H2,1H3;1H.